The Balaban J connectivity index is 1.23. The van der Waals surface area contributed by atoms with Crippen molar-refractivity contribution < 1.29 is 26.5 Å². The van der Waals surface area contributed by atoms with Crippen molar-refractivity contribution in [3.63, 3.8) is 0 Å². The second-order valence-corrected chi connectivity index (χ2v) is 10.9. The molecule has 3 aromatic rings. The van der Waals surface area contributed by atoms with E-state index in [2.05, 4.69) is 15.3 Å². The highest BCUT2D eigenvalue weighted by molar-refractivity contribution is 7.99. The Morgan fingerprint density at radius 3 is 2.75 bits per heavy atom. The number of rotatable bonds is 7. The van der Waals surface area contributed by atoms with E-state index in [0.29, 0.717) is 42.4 Å². The van der Waals surface area contributed by atoms with Gasteiger partial charge < -0.3 is 13.3 Å². The lowest BCUT2D eigenvalue weighted by Gasteiger charge is -2.19. The average Bonchev–Trinajstić information content (AvgIpc) is 3.57. The molecule has 5 heterocycles. The molecule has 168 valence electrons. The predicted molar refractivity (Wildman–Crippen MR) is 114 cm³/mol. The summed E-state index contributed by atoms with van der Waals surface area (Å²) >= 11 is 1.12. The summed E-state index contributed by atoms with van der Waals surface area (Å²) in [5, 5.41) is 14.1. The van der Waals surface area contributed by atoms with Crippen LogP contribution in [0.25, 0.3) is 0 Å². The number of furan rings is 2. The van der Waals surface area contributed by atoms with Gasteiger partial charge in [-0.1, -0.05) is 11.8 Å². The van der Waals surface area contributed by atoms with Crippen LogP contribution >= 0.6 is 11.8 Å². The normalized spacial score (nSPS) is 22.4. The maximum atomic E-state index is 13.0. The van der Waals surface area contributed by atoms with Gasteiger partial charge >= 0.3 is 0 Å². The minimum absolute atomic E-state index is 0.00653. The predicted octanol–water partition coefficient (Wildman–Crippen LogP) is 2.70. The van der Waals surface area contributed by atoms with Crippen molar-refractivity contribution in [2.24, 2.45) is 11.0 Å². The monoisotopic (exact) mass is 476 g/mol. The fraction of sp³-hybridized carbons (Fsp3) is 0.400. The van der Waals surface area contributed by atoms with Crippen molar-refractivity contribution in [2.75, 3.05) is 17.3 Å². The Kier molecular flexibility index (Phi) is 5.64. The largest absolute Gasteiger partial charge is 0.467 e. The van der Waals surface area contributed by atoms with Crippen LogP contribution < -0.4 is 0 Å². The van der Waals surface area contributed by atoms with Gasteiger partial charge in [0.25, 0.3) is 11.1 Å². The van der Waals surface area contributed by atoms with E-state index in [0.717, 1.165) is 11.8 Å². The van der Waals surface area contributed by atoms with Gasteiger partial charge in [-0.3, -0.25) is 4.79 Å². The van der Waals surface area contributed by atoms with Crippen LogP contribution in [0.4, 0.5) is 0 Å². The van der Waals surface area contributed by atoms with Crippen LogP contribution in [0.15, 0.2) is 60.4 Å². The van der Waals surface area contributed by atoms with Crippen LogP contribution in [-0.2, 0) is 21.1 Å². The first-order chi connectivity index (χ1) is 15.5. The molecule has 0 saturated carbocycles. The lowest BCUT2D eigenvalue weighted by atomic mass is 10.1. The third-order valence-electron chi connectivity index (χ3n) is 5.40. The number of carbonyl (C=O) groups is 1. The molecule has 3 aromatic heterocycles. The molecule has 0 N–H and O–H groups in total. The molecule has 0 aromatic carbocycles. The Morgan fingerprint density at radius 2 is 2.03 bits per heavy atom. The number of aromatic nitrogens is 2. The summed E-state index contributed by atoms with van der Waals surface area (Å²) in [5.41, 5.74) is 0.668. The molecule has 2 aliphatic heterocycles. The Hall–Kier alpha value is -2.86. The molecule has 2 unspecified atom stereocenters. The van der Waals surface area contributed by atoms with E-state index >= 15 is 0 Å². The van der Waals surface area contributed by atoms with Crippen molar-refractivity contribution >= 4 is 33.2 Å². The van der Waals surface area contributed by atoms with Gasteiger partial charge in [0, 0.05) is 12.8 Å². The van der Waals surface area contributed by atoms with Crippen molar-refractivity contribution in [3.8, 4) is 0 Å². The molecule has 1 amide bonds. The zero-order valence-corrected chi connectivity index (χ0v) is 18.5. The van der Waals surface area contributed by atoms with Crippen LogP contribution in [0.5, 0.6) is 0 Å². The molecule has 2 atom stereocenters. The van der Waals surface area contributed by atoms with Crippen LogP contribution in [0, 0.1) is 5.92 Å². The first-order valence-corrected chi connectivity index (χ1v) is 12.9. The quantitative estimate of drug-likeness (QED) is 0.472. The fourth-order valence-corrected chi connectivity index (χ4v) is 6.38. The van der Waals surface area contributed by atoms with E-state index in [4.69, 9.17) is 13.3 Å². The number of hydrogen-bond acceptors (Lipinski definition) is 10. The molecular formula is C20H20N4O6S2. The standard InChI is InChI=1S/C20H20N4O6S2/c25-19(11-31-20-22-21-18(30-20)9-13-5-8-32(26,27)12-13)24-15(17-4-2-7-29-17)10-14(23-24)16-3-1-6-28-16/h1-4,6-7,13,15H,5,8-12H2. The van der Waals surface area contributed by atoms with Gasteiger partial charge in [0.05, 0.1) is 29.8 Å². The topological polar surface area (TPSA) is 132 Å². The molecule has 2 aliphatic rings. The van der Waals surface area contributed by atoms with Gasteiger partial charge in [0.1, 0.15) is 23.3 Å². The summed E-state index contributed by atoms with van der Waals surface area (Å²) in [6.45, 7) is 0. The molecule has 0 spiro atoms. The number of carbonyl (C=O) groups excluding carboxylic acids is 1. The smallest absolute Gasteiger partial charge is 0.277 e. The van der Waals surface area contributed by atoms with Crippen molar-refractivity contribution in [1.29, 1.82) is 0 Å². The van der Waals surface area contributed by atoms with E-state index in [1.54, 1.807) is 30.7 Å². The van der Waals surface area contributed by atoms with E-state index in [9.17, 15) is 13.2 Å². The second kappa shape index (κ2) is 8.58. The van der Waals surface area contributed by atoms with Gasteiger partial charge in [-0.15, -0.1) is 10.2 Å². The summed E-state index contributed by atoms with van der Waals surface area (Å²) in [4.78, 5) is 13.0. The maximum absolute atomic E-state index is 13.0. The molecule has 1 fully saturated rings. The van der Waals surface area contributed by atoms with Crippen LogP contribution in [0.1, 0.15) is 36.3 Å². The van der Waals surface area contributed by atoms with Crippen LogP contribution in [0.2, 0.25) is 0 Å². The SMILES string of the molecule is O=C(CSc1nnc(CC2CCS(=O)(=O)C2)o1)N1N=C(c2ccco2)CC1c1ccco1. The number of amides is 1. The summed E-state index contributed by atoms with van der Waals surface area (Å²) in [6, 6.07) is 6.80. The fourth-order valence-electron chi connectivity index (χ4n) is 3.88. The van der Waals surface area contributed by atoms with Crippen molar-refractivity contribution in [1.82, 2.24) is 15.2 Å². The third kappa shape index (κ3) is 4.51. The highest BCUT2D eigenvalue weighted by Crippen LogP contribution is 2.34. The summed E-state index contributed by atoms with van der Waals surface area (Å²) in [5.74, 6) is 1.79. The zero-order valence-electron chi connectivity index (χ0n) is 16.9. The Bertz CT molecular complexity index is 1220. The average molecular weight is 477 g/mol. The summed E-state index contributed by atoms with van der Waals surface area (Å²) in [6.07, 6.45) is 4.63. The van der Waals surface area contributed by atoms with E-state index in [-0.39, 0.29) is 40.3 Å². The minimum atomic E-state index is -2.96. The lowest BCUT2D eigenvalue weighted by molar-refractivity contribution is -0.130. The number of thioether (sulfide) groups is 1. The van der Waals surface area contributed by atoms with E-state index in [1.807, 2.05) is 6.07 Å². The molecular weight excluding hydrogens is 456 g/mol. The summed E-state index contributed by atoms with van der Waals surface area (Å²) < 4.78 is 39.8. The number of nitrogens with zero attached hydrogens (tertiary/aromatic N) is 4. The van der Waals surface area contributed by atoms with Crippen LogP contribution in [-0.4, -0.2) is 52.5 Å². The van der Waals surface area contributed by atoms with E-state index < -0.39 is 9.84 Å². The maximum Gasteiger partial charge on any atom is 0.277 e. The lowest BCUT2D eigenvalue weighted by Crippen LogP contribution is -2.28. The molecule has 0 aliphatic carbocycles. The van der Waals surface area contributed by atoms with Crippen molar-refractivity contribution in [2.45, 2.75) is 30.5 Å². The number of hydrazone groups is 1. The molecule has 10 nitrogen and oxygen atoms in total. The van der Waals surface area contributed by atoms with Gasteiger partial charge in [0.15, 0.2) is 9.84 Å². The first kappa shape index (κ1) is 21.0. The van der Waals surface area contributed by atoms with Crippen LogP contribution in [0.3, 0.4) is 0 Å². The van der Waals surface area contributed by atoms with E-state index in [1.165, 1.54) is 5.01 Å². The number of sulfone groups is 1. The minimum Gasteiger partial charge on any atom is -0.467 e. The molecule has 5 rings (SSSR count). The van der Waals surface area contributed by atoms with Gasteiger partial charge in [-0.2, -0.15) is 5.10 Å². The van der Waals surface area contributed by atoms with Gasteiger partial charge in [-0.05, 0) is 36.6 Å². The Morgan fingerprint density at radius 1 is 1.19 bits per heavy atom. The highest BCUT2D eigenvalue weighted by atomic mass is 32.2. The zero-order chi connectivity index (χ0) is 22.1. The summed E-state index contributed by atoms with van der Waals surface area (Å²) in [7, 11) is -2.96. The number of hydrogen-bond donors (Lipinski definition) is 0. The molecule has 32 heavy (non-hydrogen) atoms. The molecule has 12 heteroatoms. The third-order valence-corrected chi connectivity index (χ3v) is 8.04. The van der Waals surface area contributed by atoms with Gasteiger partial charge in [0.2, 0.25) is 5.89 Å². The highest BCUT2D eigenvalue weighted by Gasteiger charge is 2.36. The molecule has 1 saturated heterocycles. The van der Waals surface area contributed by atoms with Gasteiger partial charge in [-0.25, -0.2) is 13.4 Å². The molecule has 0 radical (unpaired) electrons. The first-order valence-electron chi connectivity index (χ1n) is 10.1. The molecule has 0 bridgehead atoms. The Labute approximate surface area is 188 Å². The second-order valence-electron chi connectivity index (χ2n) is 7.72. The van der Waals surface area contributed by atoms with Crippen molar-refractivity contribution in [3.05, 3.63) is 54.2 Å².